The molecular weight excluding hydrogens is 751 g/mol. The van der Waals surface area contributed by atoms with Crippen molar-refractivity contribution < 1.29 is 25.4 Å². The van der Waals surface area contributed by atoms with Gasteiger partial charge in [0.1, 0.15) is 35.1 Å². The van der Waals surface area contributed by atoms with Crippen LogP contribution >= 0.6 is 0 Å². The molecule has 60 heavy (non-hydrogen) atoms. The molecule has 1 fully saturated rings. The minimum Gasteiger partial charge on any atom is -0.497 e. The van der Waals surface area contributed by atoms with Crippen LogP contribution < -0.4 is 14.8 Å². The van der Waals surface area contributed by atoms with E-state index in [2.05, 4.69) is 34.6 Å². The Kier molecular flexibility index (Phi) is 10.5. The monoisotopic (exact) mass is 796 g/mol. The van der Waals surface area contributed by atoms with Crippen molar-refractivity contribution in [3.63, 3.8) is 0 Å². The summed E-state index contributed by atoms with van der Waals surface area (Å²) >= 11 is 0. The topological polar surface area (TPSA) is 113 Å². The van der Waals surface area contributed by atoms with Crippen molar-refractivity contribution in [2.75, 3.05) is 26.1 Å². The number of ether oxygens (including phenoxy) is 4. The largest absolute Gasteiger partial charge is 0.497 e. The highest BCUT2D eigenvalue weighted by molar-refractivity contribution is 5.84. The fraction of sp³-hybridized carbons (Fsp3) is 0.180. The third-order valence-corrected chi connectivity index (χ3v) is 11.2. The van der Waals surface area contributed by atoms with Crippen LogP contribution in [-0.2, 0) is 20.6 Å². The summed E-state index contributed by atoms with van der Waals surface area (Å²) in [6, 6.07) is 56.1. The Bertz CT molecular complexity index is 2590. The zero-order valence-corrected chi connectivity index (χ0v) is 33.2. The van der Waals surface area contributed by atoms with Crippen LogP contribution in [-0.4, -0.2) is 57.7 Å². The molecule has 3 heterocycles. The van der Waals surface area contributed by atoms with E-state index in [9.17, 15) is 6.48 Å². The van der Waals surface area contributed by atoms with Crippen molar-refractivity contribution in [2.45, 2.75) is 36.0 Å². The van der Waals surface area contributed by atoms with E-state index in [1.54, 1.807) is 25.1 Å². The number of nitrogens with zero attached hydrogens (tertiary/aromatic N) is 4. The molecule has 10 nitrogen and oxygen atoms in total. The minimum atomic E-state index is -1.23. The SMILES string of the molecule is [2H][C@@H]1[C@@H](O)[C@H](n2cnc3c(NC(c4ccccc4)(c4ccccc4)c4ccc(OC)cc4)ncnc32)O[C@@H]1COC(c1ccccc1)(c1ccccc1)c1ccc(OC)cc1. The van der Waals surface area contributed by atoms with Crippen LogP contribution in [0, 0.1) is 0 Å². The molecule has 2 N–H and O–H groups in total. The second-order valence-electron chi connectivity index (χ2n) is 14.6. The van der Waals surface area contributed by atoms with Crippen molar-refractivity contribution in [1.82, 2.24) is 19.5 Å². The molecule has 0 radical (unpaired) electrons. The average molecular weight is 797 g/mol. The van der Waals surface area contributed by atoms with Gasteiger partial charge in [0.2, 0.25) is 0 Å². The van der Waals surface area contributed by atoms with Gasteiger partial charge in [-0.15, -0.1) is 0 Å². The van der Waals surface area contributed by atoms with Crippen LogP contribution in [0.5, 0.6) is 11.5 Å². The number of hydrogen-bond donors (Lipinski definition) is 2. The molecule has 2 aromatic heterocycles. The van der Waals surface area contributed by atoms with Crippen molar-refractivity contribution >= 4 is 17.0 Å². The van der Waals surface area contributed by atoms with Crippen LogP contribution in [0.1, 0.15) is 47.4 Å². The summed E-state index contributed by atoms with van der Waals surface area (Å²) in [5.74, 6) is 1.92. The van der Waals surface area contributed by atoms with E-state index >= 15 is 0 Å². The number of anilines is 1. The van der Waals surface area contributed by atoms with Crippen molar-refractivity contribution in [1.29, 1.82) is 0 Å². The summed E-state index contributed by atoms with van der Waals surface area (Å²) in [4.78, 5) is 14.2. The standard InChI is InChI=1S/C50H45N5O5/c1-57-41-27-23-37(24-28-41)49(35-15-7-3-8-16-35,36-17-9-4-10-18-36)54-46-45-47(52-33-51-46)55(34-53-45)48-44(56)31-43(60-48)32-59-50(38-19-11-5-12-20-38,39-21-13-6-14-22-39)40-25-29-42(58-2)30-26-40/h3-30,33-34,43-44,48,56H,31-32H2,1-2H3,(H,51,52,54)/t43-,44+,48+/m0/s1/i31D/t31-,43-,44+,48+. The maximum Gasteiger partial charge on any atom is 0.167 e. The molecule has 1 aliphatic rings. The van der Waals surface area contributed by atoms with E-state index in [1.165, 1.54) is 6.33 Å². The normalized spacial score (nSPS) is 18.2. The highest BCUT2D eigenvalue weighted by atomic mass is 16.6. The predicted molar refractivity (Wildman–Crippen MR) is 231 cm³/mol. The highest BCUT2D eigenvalue weighted by Gasteiger charge is 2.43. The first-order valence-corrected chi connectivity index (χ1v) is 19.8. The molecular formula is C50H45N5O5. The van der Waals surface area contributed by atoms with Gasteiger partial charge in [-0.25, -0.2) is 15.0 Å². The quantitative estimate of drug-likeness (QED) is 0.104. The number of benzene rings is 6. The van der Waals surface area contributed by atoms with Gasteiger partial charge in [-0.05, 0) is 57.6 Å². The van der Waals surface area contributed by atoms with Crippen LogP contribution in [0.25, 0.3) is 11.2 Å². The molecule has 1 aliphatic heterocycles. The Balaban J connectivity index is 1.07. The number of aromatic nitrogens is 4. The molecule has 10 heteroatoms. The molecule has 0 spiro atoms. The van der Waals surface area contributed by atoms with Gasteiger partial charge in [0.15, 0.2) is 23.2 Å². The molecule has 300 valence electrons. The molecule has 0 amide bonds. The van der Waals surface area contributed by atoms with Crippen molar-refractivity contribution in [3.05, 3.63) is 216 Å². The van der Waals surface area contributed by atoms with Gasteiger partial charge in [0, 0.05) is 7.77 Å². The van der Waals surface area contributed by atoms with E-state index in [1.807, 2.05) is 146 Å². The highest BCUT2D eigenvalue weighted by Crippen LogP contribution is 2.44. The van der Waals surface area contributed by atoms with Crippen molar-refractivity contribution in [2.24, 2.45) is 0 Å². The van der Waals surface area contributed by atoms with Gasteiger partial charge in [-0.3, -0.25) is 4.57 Å². The van der Waals surface area contributed by atoms with Crippen LogP contribution in [0.3, 0.4) is 0 Å². The lowest BCUT2D eigenvalue weighted by Gasteiger charge is -2.37. The summed E-state index contributed by atoms with van der Waals surface area (Å²) < 4.78 is 35.6. The van der Waals surface area contributed by atoms with E-state index in [0.29, 0.717) is 17.0 Å². The first-order chi connectivity index (χ1) is 30.0. The second-order valence-corrected chi connectivity index (χ2v) is 14.6. The molecule has 1 saturated heterocycles. The Morgan fingerprint density at radius 2 is 1.12 bits per heavy atom. The van der Waals surface area contributed by atoms with E-state index in [4.69, 9.17) is 28.9 Å². The third kappa shape index (κ3) is 7.04. The molecule has 0 saturated carbocycles. The molecule has 0 aliphatic carbocycles. The fourth-order valence-corrected chi connectivity index (χ4v) is 8.31. The maximum absolute atomic E-state index is 11.7. The summed E-state index contributed by atoms with van der Waals surface area (Å²) in [5.41, 5.74) is 4.47. The first kappa shape index (κ1) is 37.4. The molecule has 8 aromatic rings. The number of hydrogen-bond acceptors (Lipinski definition) is 9. The lowest BCUT2D eigenvalue weighted by Crippen LogP contribution is -2.38. The molecule has 4 atom stereocenters. The summed E-state index contributed by atoms with van der Waals surface area (Å²) in [6.45, 7) is -0.00943. The molecule has 0 bridgehead atoms. The average Bonchev–Trinajstić information content (AvgIpc) is 3.89. The lowest BCUT2D eigenvalue weighted by molar-refractivity contribution is -0.0851. The van der Waals surface area contributed by atoms with Gasteiger partial charge < -0.3 is 29.4 Å². The molecule has 0 unspecified atom stereocenters. The lowest BCUT2D eigenvalue weighted by atomic mass is 9.77. The van der Waals surface area contributed by atoms with Gasteiger partial charge in [0.25, 0.3) is 0 Å². The summed E-state index contributed by atoms with van der Waals surface area (Å²) in [5, 5.41) is 15.6. The number of aliphatic hydroxyl groups excluding tert-OH is 1. The Morgan fingerprint density at radius 1 is 0.650 bits per heavy atom. The summed E-state index contributed by atoms with van der Waals surface area (Å²) in [7, 11) is 3.29. The van der Waals surface area contributed by atoms with E-state index in [-0.39, 0.29) is 6.61 Å². The van der Waals surface area contributed by atoms with Gasteiger partial charge in [-0.1, -0.05) is 146 Å². The Labute approximate surface area is 350 Å². The second kappa shape index (κ2) is 16.8. The molecule has 9 rings (SSSR count). The van der Waals surface area contributed by atoms with Crippen LogP contribution in [0.15, 0.2) is 183 Å². The maximum atomic E-state index is 11.7. The zero-order valence-electron chi connectivity index (χ0n) is 34.2. The number of fused-ring (bicyclic) bond motifs is 1. The first-order valence-electron chi connectivity index (χ1n) is 20.4. The Hall–Kier alpha value is -6.85. The fourth-order valence-electron chi connectivity index (χ4n) is 8.31. The van der Waals surface area contributed by atoms with Gasteiger partial charge in [0.05, 0.1) is 33.3 Å². The Morgan fingerprint density at radius 3 is 1.63 bits per heavy atom. The number of aliphatic hydroxyl groups is 1. The molecule has 6 aromatic carbocycles. The number of rotatable bonds is 14. The zero-order chi connectivity index (χ0) is 41.8. The number of methoxy groups -OCH3 is 2. The van der Waals surface area contributed by atoms with Crippen LogP contribution in [0.4, 0.5) is 5.82 Å². The van der Waals surface area contributed by atoms with Crippen molar-refractivity contribution in [3.8, 4) is 11.5 Å². The number of nitrogens with one attached hydrogen (secondary N) is 1. The minimum absolute atomic E-state index is 0.00943. The van der Waals surface area contributed by atoms with Gasteiger partial charge >= 0.3 is 0 Å². The van der Waals surface area contributed by atoms with Gasteiger partial charge in [-0.2, -0.15) is 0 Å². The number of imidazole rings is 1. The van der Waals surface area contributed by atoms with E-state index in [0.717, 1.165) is 44.9 Å². The predicted octanol–water partition coefficient (Wildman–Crippen LogP) is 8.90. The smallest absolute Gasteiger partial charge is 0.167 e. The van der Waals surface area contributed by atoms with Crippen LogP contribution in [0.2, 0.25) is 0 Å². The summed E-state index contributed by atoms with van der Waals surface area (Å²) in [6.07, 6.45) is -1.03. The van der Waals surface area contributed by atoms with E-state index < -0.39 is 36.0 Å². The third-order valence-electron chi connectivity index (χ3n) is 11.2.